The molecule has 210 valence electrons. The number of rotatable bonds is 3. The molecular formula is C39H24N6. The Balaban J connectivity index is 1.45. The third-order valence-electron chi connectivity index (χ3n) is 9.02. The molecule has 0 atom stereocenters. The van der Waals surface area contributed by atoms with Crippen LogP contribution in [0.5, 0.6) is 0 Å². The molecule has 0 aliphatic carbocycles. The van der Waals surface area contributed by atoms with E-state index in [1.807, 2.05) is 36.8 Å². The summed E-state index contributed by atoms with van der Waals surface area (Å²) in [5, 5.41) is 7.08. The van der Waals surface area contributed by atoms with E-state index in [0.29, 0.717) is 5.95 Å². The molecular weight excluding hydrogens is 552 g/mol. The molecule has 6 heteroatoms. The third-order valence-corrected chi connectivity index (χ3v) is 9.02. The highest BCUT2D eigenvalue weighted by Crippen LogP contribution is 2.43. The summed E-state index contributed by atoms with van der Waals surface area (Å²) in [4.78, 5) is 14.3. The second kappa shape index (κ2) is 9.11. The van der Waals surface area contributed by atoms with E-state index in [9.17, 15) is 0 Å². The van der Waals surface area contributed by atoms with Gasteiger partial charge in [-0.1, -0.05) is 78.9 Å². The van der Waals surface area contributed by atoms with Crippen LogP contribution in [0.3, 0.4) is 0 Å². The SMILES string of the molecule is c1ccc(-n2c3ccccc3c3c(-n4c5ccccc5c5ccc6c7ccccc7n(-c7ncccn7)c6c54)cccc32)nc1. The molecule has 0 saturated carbocycles. The van der Waals surface area contributed by atoms with Crippen LogP contribution < -0.4 is 0 Å². The molecule has 0 unspecified atom stereocenters. The molecule has 45 heavy (non-hydrogen) atoms. The van der Waals surface area contributed by atoms with E-state index in [4.69, 9.17) is 15.0 Å². The Labute approximate surface area is 257 Å². The van der Waals surface area contributed by atoms with Crippen LogP contribution >= 0.6 is 0 Å². The highest BCUT2D eigenvalue weighted by atomic mass is 15.2. The van der Waals surface area contributed by atoms with Crippen molar-refractivity contribution >= 4 is 65.4 Å². The standard InChI is InChI=1S/C39H24N6/c1-4-14-30-25(11-1)27-20-21-28-26-12-2-5-15-31(26)45(39-41-23-10-24-42-39)38(28)37(27)44(30)34-18-9-17-33-36(34)29-13-3-6-16-32(29)43(33)35-19-7-8-22-40-35/h1-24H. The average molecular weight is 577 g/mol. The number of aromatic nitrogens is 6. The van der Waals surface area contributed by atoms with Gasteiger partial charge >= 0.3 is 0 Å². The summed E-state index contributed by atoms with van der Waals surface area (Å²) >= 11 is 0. The van der Waals surface area contributed by atoms with E-state index in [2.05, 4.69) is 123 Å². The minimum absolute atomic E-state index is 0.651. The van der Waals surface area contributed by atoms with E-state index in [1.54, 1.807) is 0 Å². The third kappa shape index (κ3) is 3.25. The van der Waals surface area contributed by atoms with Crippen molar-refractivity contribution < 1.29 is 0 Å². The number of benzene rings is 5. The average Bonchev–Trinajstić information content (AvgIpc) is 3.75. The summed E-state index contributed by atoms with van der Waals surface area (Å²) in [7, 11) is 0. The van der Waals surface area contributed by atoms with Crippen LogP contribution in [0, 0.1) is 0 Å². The predicted octanol–water partition coefficient (Wildman–Crippen LogP) is 9.16. The summed E-state index contributed by atoms with van der Waals surface area (Å²) in [6, 6.07) is 44.9. The van der Waals surface area contributed by atoms with Gasteiger partial charge in [-0.05, 0) is 48.5 Å². The molecule has 10 rings (SSSR count). The number of pyridine rings is 1. The molecule has 0 radical (unpaired) electrons. The largest absolute Gasteiger partial charge is 0.306 e. The lowest BCUT2D eigenvalue weighted by molar-refractivity contribution is 0.988. The quantitative estimate of drug-likeness (QED) is 0.211. The number of hydrogen-bond donors (Lipinski definition) is 0. The molecule has 5 aromatic heterocycles. The first-order valence-corrected chi connectivity index (χ1v) is 15.0. The molecule has 6 nitrogen and oxygen atoms in total. The zero-order valence-electron chi connectivity index (χ0n) is 24.0. The van der Waals surface area contributed by atoms with E-state index < -0.39 is 0 Å². The Morgan fingerprint density at radius 3 is 1.60 bits per heavy atom. The minimum atomic E-state index is 0.651. The predicted molar refractivity (Wildman–Crippen MR) is 183 cm³/mol. The highest BCUT2D eigenvalue weighted by molar-refractivity contribution is 6.25. The molecule has 0 aliphatic rings. The molecule has 0 saturated heterocycles. The van der Waals surface area contributed by atoms with E-state index in [-0.39, 0.29) is 0 Å². The Morgan fingerprint density at radius 2 is 0.911 bits per heavy atom. The Hall–Kier alpha value is -6.27. The first-order chi connectivity index (χ1) is 22.4. The first-order valence-electron chi connectivity index (χ1n) is 15.0. The molecule has 0 amide bonds. The Morgan fingerprint density at radius 1 is 0.356 bits per heavy atom. The van der Waals surface area contributed by atoms with Gasteiger partial charge in [0.05, 0.1) is 38.8 Å². The molecule has 5 aromatic carbocycles. The fourth-order valence-electron chi connectivity index (χ4n) is 7.28. The van der Waals surface area contributed by atoms with Gasteiger partial charge in [0.25, 0.3) is 0 Å². The van der Waals surface area contributed by atoms with Gasteiger partial charge in [0.2, 0.25) is 5.95 Å². The van der Waals surface area contributed by atoms with Crippen molar-refractivity contribution in [1.82, 2.24) is 28.7 Å². The van der Waals surface area contributed by atoms with Crippen LogP contribution in [0.1, 0.15) is 0 Å². The van der Waals surface area contributed by atoms with Gasteiger partial charge in [0, 0.05) is 50.9 Å². The van der Waals surface area contributed by atoms with Gasteiger partial charge in [0.15, 0.2) is 0 Å². The van der Waals surface area contributed by atoms with Gasteiger partial charge in [-0.3, -0.25) is 9.13 Å². The van der Waals surface area contributed by atoms with Crippen molar-refractivity contribution in [2.75, 3.05) is 0 Å². The van der Waals surface area contributed by atoms with Crippen molar-refractivity contribution in [3.05, 3.63) is 146 Å². The maximum atomic E-state index is 4.76. The maximum absolute atomic E-state index is 4.76. The second-order valence-corrected chi connectivity index (χ2v) is 11.3. The second-order valence-electron chi connectivity index (χ2n) is 11.3. The topological polar surface area (TPSA) is 53.5 Å². The van der Waals surface area contributed by atoms with Gasteiger partial charge in [-0.2, -0.15) is 0 Å². The van der Waals surface area contributed by atoms with E-state index in [1.165, 1.54) is 26.9 Å². The maximum Gasteiger partial charge on any atom is 0.234 e. The zero-order chi connectivity index (χ0) is 29.5. The molecule has 0 spiro atoms. The summed E-state index contributed by atoms with van der Waals surface area (Å²) < 4.78 is 6.94. The molecule has 0 bridgehead atoms. The number of nitrogens with zero attached hydrogens (tertiary/aromatic N) is 6. The molecule has 0 fully saturated rings. The monoisotopic (exact) mass is 576 g/mol. The zero-order valence-corrected chi connectivity index (χ0v) is 24.0. The van der Waals surface area contributed by atoms with Crippen molar-refractivity contribution in [3.63, 3.8) is 0 Å². The van der Waals surface area contributed by atoms with Crippen molar-refractivity contribution in [1.29, 1.82) is 0 Å². The smallest absolute Gasteiger partial charge is 0.234 e. The lowest BCUT2D eigenvalue weighted by Gasteiger charge is -2.13. The number of para-hydroxylation sites is 3. The highest BCUT2D eigenvalue weighted by Gasteiger charge is 2.24. The summed E-state index contributed by atoms with van der Waals surface area (Å²) in [5.41, 5.74) is 7.78. The fraction of sp³-hybridized carbons (Fsp3) is 0. The van der Waals surface area contributed by atoms with Crippen LogP contribution in [-0.4, -0.2) is 28.7 Å². The van der Waals surface area contributed by atoms with Gasteiger partial charge < -0.3 is 4.57 Å². The summed E-state index contributed by atoms with van der Waals surface area (Å²) in [5.74, 6) is 1.55. The van der Waals surface area contributed by atoms with Crippen molar-refractivity contribution in [2.24, 2.45) is 0 Å². The lowest BCUT2D eigenvalue weighted by Crippen LogP contribution is -2.02. The van der Waals surface area contributed by atoms with Gasteiger partial charge in [-0.25, -0.2) is 15.0 Å². The minimum Gasteiger partial charge on any atom is -0.306 e. The van der Waals surface area contributed by atoms with Crippen LogP contribution in [0.25, 0.3) is 82.9 Å². The normalized spacial score (nSPS) is 12.0. The van der Waals surface area contributed by atoms with Crippen LogP contribution in [0.15, 0.2) is 146 Å². The first kappa shape index (κ1) is 24.2. The molecule has 10 aromatic rings. The van der Waals surface area contributed by atoms with E-state index >= 15 is 0 Å². The molecule has 5 heterocycles. The molecule has 0 aliphatic heterocycles. The van der Waals surface area contributed by atoms with Crippen molar-refractivity contribution in [3.8, 4) is 17.5 Å². The van der Waals surface area contributed by atoms with Crippen LogP contribution in [0.4, 0.5) is 0 Å². The van der Waals surface area contributed by atoms with E-state index in [0.717, 1.165) is 50.0 Å². The molecule has 0 N–H and O–H groups in total. The van der Waals surface area contributed by atoms with Gasteiger partial charge in [-0.15, -0.1) is 0 Å². The summed E-state index contributed by atoms with van der Waals surface area (Å²) in [6.45, 7) is 0. The Kier molecular flexibility index (Phi) is 4.90. The Bertz CT molecular complexity index is 2750. The fourth-order valence-corrected chi connectivity index (χ4v) is 7.28. The number of hydrogen-bond acceptors (Lipinski definition) is 3. The van der Waals surface area contributed by atoms with Crippen LogP contribution in [0.2, 0.25) is 0 Å². The van der Waals surface area contributed by atoms with Crippen LogP contribution in [-0.2, 0) is 0 Å². The number of fused-ring (bicyclic) bond motifs is 10. The van der Waals surface area contributed by atoms with Gasteiger partial charge in [0.1, 0.15) is 5.82 Å². The van der Waals surface area contributed by atoms with Crippen molar-refractivity contribution in [2.45, 2.75) is 0 Å². The lowest BCUT2D eigenvalue weighted by atomic mass is 10.1. The summed E-state index contributed by atoms with van der Waals surface area (Å²) in [6.07, 6.45) is 5.48.